The van der Waals surface area contributed by atoms with E-state index in [0.717, 1.165) is 12.1 Å². The van der Waals surface area contributed by atoms with Gasteiger partial charge >= 0.3 is 0 Å². The minimum Gasteiger partial charge on any atom is -0.298 e. The van der Waals surface area contributed by atoms with E-state index < -0.39 is 0 Å². The van der Waals surface area contributed by atoms with Crippen LogP contribution in [-0.4, -0.2) is 59.1 Å². The maximum Gasteiger partial charge on any atom is 0.0284 e. The quantitative estimate of drug-likeness (QED) is 0.782. The SMILES string of the molecule is CCC1CN2CCCCC2CN1CC1(SC)CCCC1. The zero-order valence-electron chi connectivity index (χ0n) is 13.4. The van der Waals surface area contributed by atoms with E-state index in [9.17, 15) is 0 Å². The highest BCUT2D eigenvalue weighted by Crippen LogP contribution is 2.42. The molecule has 0 N–H and O–H groups in total. The molecule has 2 nitrogen and oxygen atoms in total. The van der Waals surface area contributed by atoms with Crippen molar-refractivity contribution in [2.24, 2.45) is 0 Å². The van der Waals surface area contributed by atoms with Crippen molar-refractivity contribution in [2.75, 3.05) is 32.4 Å². The number of rotatable bonds is 4. The molecule has 0 aromatic heterocycles. The molecule has 2 unspecified atom stereocenters. The smallest absolute Gasteiger partial charge is 0.0284 e. The van der Waals surface area contributed by atoms with Crippen molar-refractivity contribution in [1.29, 1.82) is 0 Å². The first-order valence-electron chi connectivity index (χ1n) is 8.79. The first-order valence-corrected chi connectivity index (χ1v) is 10.0. The number of nitrogens with zero attached hydrogens (tertiary/aromatic N) is 2. The summed E-state index contributed by atoms with van der Waals surface area (Å²) in [6, 6.07) is 1.68. The molecule has 3 rings (SSSR count). The summed E-state index contributed by atoms with van der Waals surface area (Å²) in [4.78, 5) is 5.68. The summed E-state index contributed by atoms with van der Waals surface area (Å²) < 4.78 is 0.588. The molecule has 0 aromatic rings. The summed E-state index contributed by atoms with van der Waals surface area (Å²) in [7, 11) is 0. The number of fused-ring (bicyclic) bond motifs is 1. The Labute approximate surface area is 129 Å². The van der Waals surface area contributed by atoms with E-state index in [1.807, 2.05) is 0 Å². The van der Waals surface area contributed by atoms with Crippen LogP contribution < -0.4 is 0 Å². The second-order valence-electron chi connectivity index (χ2n) is 7.23. The number of hydrogen-bond donors (Lipinski definition) is 0. The number of piperidine rings is 1. The molecule has 1 saturated carbocycles. The molecule has 0 radical (unpaired) electrons. The molecular weight excluding hydrogens is 264 g/mol. The fourth-order valence-electron chi connectivity index (χ4n) is 4.71. The van der Waals surface area contributed by atoms with Crippen molar-refractivity contribution in [2.45, 2.75) is 75.1 Å². The molecule has 2 atom stereocenters. The van der Waals surface area contributed by atoms with Crippen LogP contribution in [0.2, 0.25) is 0 Å². The van der Waals surface area contributed by atoms with Crippen LogP contribution in [0.5, 0.6) is 0 Å². The van der Waals surface area contributed by atoms with Crippen molar-refractivity contribution < 1.29 is 0 Å². The Balaban J connectivity index is 1.67. The topological polar surface area (TPSA) is 6.48 Å². The molecule has 0 spiro atoms. The summed E-state index contributed by atoms with van der Waals surface area (Å²) >= 11 is 2.16. The molecule has 0 aromatic carbocycles. The Morgan fingerprint density at radius 3 is 2.60 bits per heavy atom. The van der Waals surface area contributed by atoms with Gasteiger partial charge < -0.3 is 0 Å². The van der Waals surface area contributed by atoms with Crippen LogP contribution in [0.1, 0.15) is 58.3 Å². The zero-order chi connectivity index (χ0) is 14.0. The molecule has 3 aliphatic rings. The summed E-state index contributed by atoms with van der Waals surface area (Å²) in [5, 5.41) is 0. The van der Waals surface area contributed by atoms with Crippen molar-refractivity contribution in [3.8, 4) is 0 Å². The Morgan fingerprint density at radius 1 is 1.10 bits per heavy atom. The third-order valence-electron chi connectivity index (χ3n) is 6.07. The lowest BCUT2D eigenvalue weighted by atomic mass is 9.94. The number of thioether (sulfide) groups is 1. The predicted molar refractivity (Wildman–Crippen MR) is 89.6 cm³/mol. The van der Waals surface area contributed by atoms with Gasteiger partial charge in [0, 0.05) is 36.5 Å². The van der Waals surface area contributed by atoms with Gasteiger partial charge in [-0.05, 0) is 44.9 Å². The molecular formula is C17H32N2S. The second-order valence-corrected chi connectivity index (χ2v) is 8.50. The lowest BCUT2D eigenvalue weighted by molar-refractivity contribution is 0.00317. The van der Waals surface area contributed by atoms with E-state index in [-0.39, 0.29) is 0 Å². The van der Waals surface area contributed by atoms with Crippen molar-refractivity contribution in [3.05, 3.63) is 0 Å². The van der Waals surface area contributed by atoms with Gasteiger partial charge in [0.25, 0.3) is 0 Å². The average molecular weight is 297 g/mol. The van der Waals surface area contributed by atoms with Crippen LogP contribution in [0.25, 0.3) is 0 Å². The standard InChI is InChI=1S/C17H32N2S/c1-3-15-12-18-11-7-4-8-16(18)13-19(15)14-17(20-2)9-5-6-10-17/h15-16H,3-14H2,1-2H3. The maximum atomic E-state index is 2.88. The van der Waals surface area contributed by atoms with Crippen LogP contribution in [0.4, 0.5) is 0 Å². The highest BCUT2D eigenvalue weighted by atomic mass is 32.2. The van der Waals surface area contributed by atoms with Gasteiger partial charge in [0.15, 0.2) is 0 Å². The molecule has 3 fully saturated rings. The Kier molecular flexibility index (Phi) is 4.99. The zero-order valence-corrected chi connectivity index (χ0v) is 14.3. The maximum absolute atomic E-state index is 2.88. The number of piperazine rings is 1. The van der Waals surface area contributed by atoms with Gasteiger partial charge in [-0.25, -0.2) is 0 Å². The van der Waals surface area contributed by atoms with Crippen LogP contribution in [0, 0.1) is 0 Å². The van der Waals surface area contributed by atoms with Crippen molar-refractivity contribution in [1.82, 2.24) is 9.80 Å². The van der Waals surface area contributed by atoms with E-state index >= 15 is 0 Å². The van der Waals surface area contributed by atoms with E-state index in [1.165, 1.54) is 77.5 Å². The molecule has 116 valence electrons. The van der Waals surface area contributed by atoms with Gasteiger partial charge in [0.2, 0.25) is 0 Å². The normalized spacial score (nSPS) is 35.1. The predicted octanol–water partition coefficient (Wildman–Crippen LogP) is 3.61. The third kappa shape index (κ3) is 3.05. The molecule has 20 heavy (non-hydrogen) atoms. The first-order chi connectivity index (χ1) is 9.76. The highest BCUT2D eigenvalue weighted by Gasteiger charge is 2.40. The van der Waals surface area contributed by atoms with Crippen molar-refractivity contribution >= 4 is 11.8 Å². The fourth-order valence-corrected chi connectivity index (χ4v) is 5.70. The Bertz CT molecular complexity index is 314. The largest absolute Gasteiger partial charge is 0.298 e. The van der Waals surface area contributed by atoms with Crippen LogP contribution in [0.3, 0.4) is 0 Å². The number of hydrogen-bond acceptors (Lipinski definition) is 3. The minimum atomic E-state index is 0.588. The van der Waals surface area contributed by atoms with Gasteiger partial charge in [-0.1, -0.05) is 26.2 Å². The van der Waals surface area contributed by atoms with E-state index in [1.54, 1.807) is 0 Å². The van der Waals surface area contributed by atoms with Crippen LogP contribution in [-0.2, 0) is 0 Å². The van der Waals surface area contributed by atoms with Gasteiger partial charge in [0.05, 0.1) is 0 Å². The second kappa shape index (κ2) is 6.58. The van der Waals surface area contributed by atoms with Gasteiger partial charge in [-0.3, -0.25) is 9.80 Å². The summed E-state index contributed by atoms with van der Waals surface area (Å²) in [6.07, 6.45) is 13.8. The highest BCUT2D eigenvalue weighted by molar-refractivity contribution is 8.00. The van der Waals surface area contributed by atoms with Crippen LogP contribution in [0.15, 0.2) is 0 Å². The lowest BCUT2D eigenvalue weighted by Crippen LogP contribution is -2.61. The first kappa shape index (κ1) is 15.2. The molecule has 2 saturated heterocycles. The van der Waals surface area contributed by atoms with E-state index in [4.69, 9.17) is 0 Å². The monoisotopic (exact) mass is 296 g/mol. The summed E-state index contributed by atoms with van der Waals surface area (Å²) in [6.45, 7) is 7.80. The summed E-state index contributed by atoms with van der Waals surface area (Å²) in [5.74, 6) is 0. The Morgan fingerprint density at radius 2 is 1.90 bits per heavy atom. The van der Waals surface area contributed by atoms with Gasteiger partial charge in [-0.2, -0.15) is 11.8 Å². The average Bonchev–Trinajstić information content (AvgIpc) is 2.95. The lowest BCUT2D eigenvalue weighted by Gasteiger charge is -2.50. The van der Waals surface area contributed by atoms with Crippen LogP contribution >= 0.6 is 11.8 Å². The minimum absolute atomic E-state index is 0.588. The van der Waals surface area contributed by atoms with E-state index in [0.29, 0.717) is 4.75 Å². The Hall–Kier alpha value is 0.270. The molecule has 0 bridgehead atoms. The van der Waals surface area contributed by atoms with Crippen molar-refractivity contribution in [3.63, 3.8) is 0 Å². The fraction of sp³-hybridized carbons (Fsp3) is 1.00. The molecule has 2 aliphatic heterocycles. The van der Waals surface area contributed by atoms with Gasteiger partial charge in [0.1, 0.15) is 0 Å². The molecule has 1 aliphatic carbocycles. The molecule has 0 amide bonds. The van der Waals surface area contributed by atoms with E-state index in [2.05, 4.69) is 34.7 Å². The molecule has 3 heteroatoms. The molecule has 2 heterocycles. The summed E-state index contributed by atoms with van der Waals surface area (Å²) in [5.41, 5.74) is 0. The van der Waals surface area contributed by atoms with Gasteiger partial charge in [-0.15, -0.1) is 0 Å². The third-order valence-corrected chi connectivity index (χ3v) is 7.47.